The number of anilines is 2. The zero-order valence-electron chi connectivity index (χ0n) is 17.1. The third kappa shape index (κ3) is 4.95. The van der Waals surface area contributed by atoms with Gasteiger partial charge in [-0.1, -0.05) is 6.07 Å². The van der Waals surface area contributed by atoms with Crippen LogP contribution in [0.3, 0.4) is 0 Å². The molecule has 0 fully saturated rings. The van der Waals surface area contributed by atoms with Crippen molar-refractivity contribution in [1.29, 1.82) is 0 Å². The van der Waals surface area contributed by atoms with Crippen molar-refractivity contribution >= 4 is 22.9 Å². The summed E-state index contributed by atoms with van der Waals surface area (Å²) in [6.07, 6.45) is 5.95. The van der Waals surface area contributed by atoms with Crippen LogP contribution in [0.5, 0.6) is 0 Å². The molecule has 0 aromatic carbocycles. The van der Waals surface area contributed by atoms with Crippen LogP contribution in [-0.2, 0) is 6.54 Å². The first-order chi connectivity index (χ1) is 13.2. The molecule has 1 atom stereocenters. The molecule has 0 spiro atoms. The molecule has 8 nitrogen and oxygen atoms in total. The second-order valence-electron chi connectivity index (χ2n) is 8.09. The molecule has 0 aliphatic carbocycles. The number of nitrogens with zero attached hydrogens (tertiary/aromatic N) is 5. The van der Waals surface area contributed by atoms with Crippen LogP contribution in [0.15, 0.2) is 30.9 Å². The first-order valence-electron chi connectivity index (χ1n) is 9.59. The van der Waals surface area contributed by atoms with Crippen LogP contribution in [0.25, 0.3) is 11.2 Å². The number of rotatable bonds is 8. The Kier molecular flexibility index (Phi) is 5.79. The molecule has 3 N–H and O–H groups in total. The Bertz CT molecular complexity index is 915. The molecule has 3 rings (SSSR count). The number of aromatic nitrogens is 5. The van der Waals surface area contributed by atoms with E-state index in [1.54, 1.807) is 26.4 Å². The number of nitrogens with one attached hydrogen (secondary N) is 2. The Morgan fingerprint density at radius 2 is 2.00 bits per heavy atom. The normalized spacial score (nSPS) is 13.1. The summed E-state index contributed by atoms with van der Waals surface area (Å²) in [5.41, 5.74) is 1.80. The van der Waals surface area contributed by atoms with Gasteiger partial charge >= 0.3 is 0 Å². The van der Waals surface area contributed by atoms with Crippen molar-refractivity contribution < 1.29 is 5.11 Å². The summed E-state index contributed by atoms with van der Waals surface area (Å²) in [6.45, 7) is 10.4. The van der Waals surface area contributed by atoms with Gasteiger partial charge < -0.3 is 20.3 Å². The molecule has 1 unspecified atom stereocenters. The molecule has 0 saturated carbocycles. The molecule has 0 bridgehead atoms. The van der Waals surface area contributed by atoms with Gasteiger partial charge in [0.15, 0.2) is 17.0 Å². The standard InChI is InChI=1S/C20H29N7O/c1-13(2)27-12-23-16-17(22-11-15-7-6-8-21-10-15)25-19(26-18(16)27)24-14(3)9-20(4,5)28/h6-8,10,12-14,28H,9,11H2,1-5H3,(H2,22,24,25,26). The molecule has 3 aromatic heterocycles. The smallest absolute Gasteiger partial charge is 0.226 e. The fraction of sp³-hybridized carbons (Fsp3) is 0.500. The Balaban J connectivity index is 1.91. The fourth-order valence-corrected chi connectivity index (χ4v) is 3.19. The van der Waals surface area contributed by atoms with Crippen molar-refractivity contribution in [2.75, 3.05) is 10.6 Å². The lowest BCUT2D eigenvalue weighted by molar-refractivity contribution is 0.0672. The second kappa shape index (κ2) is 8.10. The van der Waals surface area contributed by atoms with Crippen molar-refractivity contribution in [3.05, 3.63) is 36.4 Å². The van der Waals surface area contributed by atoms with E-state index in [0.717, 1.165) is 16.7 Å². The van der Waals surface area contributed by atoms with Gasteiger partial charge in [-0.25, -0.2) is 4.98 Å². The van der Waals surface area contributed by atoms with E-state index in [9.17, 15) is 5.11 Å². The van der Waals surface area contributed by atoms with Crippen LogP contribution in [0.2, 0.25) is 0 Å². The molecule has 28 heavy (non-hydrogen) atoms. The maximum absolute atomic E-state index is 10.1. The molecular weight excluding hydrogens is 354 g/mol. The molecule has 0 saturated heterocycles. The highest BCUT2D eigenvalue weighted by atomic mass is 16.3. The van der Waals surface area contributed by atoms with Crippen LogP contribution in [0, 0.1) is 0 Å². The summed E-state index contributed by atoms with van der Waals surface area (Å²) in [7, 11) is 0. The second-order valence-corrected chi connectivity index (χ2v) is 8.09. The zero-order chi connectivity index (χ0) is 20.3. The van der Waals surface area contributed by atoms with Crippen molar-refractivity contribution in [3.63, 3.8) is 0 Å². The molecule has 0 aliphatic heterocycles. The van der Waals surface area contributed by atoms with Gasteiger partial charge in [0.2, 0.25) is 5.95 Å². The van der Waals surface area contributed by atoms with E-state index in [0.29, 0.717) is 24.7 Å². The minimum absolute atomic E-state index is 0.0130. The largest absolute Gasteiger partial charge is 0.390 e. The van der Waals surface area contributed by atoms with Crippen LogP contribution >= 0.6 is 0 Å². The molecule has 150 valence electrons. The first kappa shape index (κ1) is 20.0. The quantitative estimate of drug-likeness (QED) is 0.548. The van der Waals surface area contributed by atoms with Gasteiger partial charge in [-0.15, -0.1) is 0 Å². The Hall–Kier alpha value is -2.74. The van der Waals surface area contributed by atoms with Gasteiger partial charge in [0.05, 0.1) is 11.9 Å². The van der Waals surface area contributed by atoms with Crippen molar-refractivity contribution in [2.45, 2.75) is 65.3 Å². The summed E-state index contributed by atoms with van der Waals surface area (Å²) in [4.78, 5) is 18.0. The highest BCUT2D eigenvalue weighted by Gasteiger charge is 2.20. The third-order valence-corrected chi connectivity index (χ3v) is 4.34. The lowest BCUT2D eigenvalue weighted by Crippen LogP contribution is -2.29. The van der Waals surface area contributed by atoms with Crippen LogP contribution in [0.4, 0.5) is 11.8 Å². The maximum atomic E-state index is 10.1. The molecular formula is C20H29N7O. The predicted octanol–water partition coefficient (Wildman–Crippen LogP) is 3.38. The lowest BCUT2D eigenvalue weighted by Gasteiger charge is -2.23. The SMILES string of the molecule is CC(CC(C)(C)O)Nc1nc(NCc2cccnc2)c2ncn(C(C)C)c2n1. The molecule has 8 heteroatoms. The van der Waals surface area contributed by atoms with Crippen LogP contribution < -0.4 is 10.6 Å². The van der Waals surface area contributed by atoms with E-state index in [-0.39, 0.29) is 12.1 Å². The summed E-state index contributed by atoms with van der Waals surface area (Å²) in [5.74, 6) is 1.19. The van der Waals surface area contributed by atoms with Crippen molar-refractivity contribution in [2.24, 2.45) is 0 Å². The summed E-state index contributed by atoms with van der Waals surface area (Å²) in [6, 6.07) is 4.16. The van der Waals surface area contributed by atoms with Gasteiger partial charge in [-0.05, 0) is 52.7 Å². The van der Waals surface area contributed by atoms with Gasteiger partial charge in [0.1, 0.15) is 0 Å². The molecule has 0 aliphatic rings. The minimum Gasteiger partial charge on any atom is -0.390 e. The summed E-state index contributed by atoms with van der Waals surface area (Å²) in [5, 5.41) is 16.7. The van der Waals surface area contributed by atoms with Gasteiger partial charge in [-0.3, -0.25) is 4.98 Å². The molecule has 3 heterocycles. The first-order valence-corrected chi connectivity index (χ1v) is 9.59. The maximum Gasteiger partial charge on any atom is 0.226 e. The van der Waals surface area contributed by atoms with E-state index in [1.165, 1.54) is 0 Å². The van der Waals surface area contributed by atoms with E-state index in [4.69, 9.17) is 0 Å². The number of pyridine rings is 1. The number of hydrogen-bond donors (Lipinski definition) is 3. The van der Waals surface area contributed by atoms with Gasteiger partial charge in [0, 0.05) is 31.0 Å². The van der Waals surface area contributed by atoms with E-state index in [1.807, 2.05) is 29.8 Å². The highest BCUT2D eigenvalue weighted by Crippen LogP contribution is 2.24. The zero-order valence-corrected chi connectivity index (χ0v) is 17.1. The highest BCUT2D eigenvalue weighted by molar-refractivity contribution is 5.84. The average Bonchev–Trinajstić information content (AvgIpc) is 3.03. The van der Waals surface area contributed by atoms with E-state index < -0.39 is 5.60 Å². The third-order valence-electron chi connectivity index (χ3n) is 4.34. The molecule has 3 aromatic rings. The minimum atomic E-state index is -0.766. The lowest BCUT2D eigenvalue weighted by atomic mass is 10.0. The predicted molar refractivity (Wildman–Crippen MR) is 111 cm³/mol. The monoisotopic (exact) mass is 383 g/mol. The van der Waals surface area contributed by atoms with E-state index >= 15 is 0 Å². The molecule has 0 amide bonds. The van der Waals surface area contributed by atoms with Crippen LogP contribution in [0.1, 0.15) is 52.6 Å². The Morgan fingerprint density at radius 1 is 1.21 bits per heavy atom. The number of imidazole rings is 1. The average molecular weight is 384 g/mol. The Morgan fingerprint density at radius 3 is 2.64 bits per heavy atom. The number of aliphatic hydroxyl groups is 1. The molecule has 0 radical (unpaired) electrons. The van der Waals surface area contributed by atoms with E-state index in [2.05, 4.69) is 44.4 Å². The Labute approximate surface area is 165 Å². The van der Waals surface area contributed by atoms with Crippen molar-refractivity contribution in [3.8, 4) is 0 Å². The fourth-order valence-electron chi connectivity index (χ4n) is 3.19. The topological polar surface area (TPSA) is 101 Å². The van der Waals surface area contributed by atoms with Crippen LogP contribution in [-0.4, -0.2) is 41.3 Å². The number of hydrogen-bond acceptors (Lipinski definition) is 7. The van der Waals surface area contributed by atoms with Gasteiger partial charge in [-0.2, -0.15) is 9.97 Å². The summed E-state index contributed by atoms with van der Waals surface area (Å²) >= 11 is 0. The van der Waals surface area contributed by atoms with Crippen molar-refractivity contribution in [1.82, 2.24) is 24.5 Å². The number of fused-ring (bicyclic) bond motifs is 1. The van der Waals surface area contributed by atoms with Gasteiger partial charge in [0.25, 0.3) is 0 Å². The summed E-state index contributed by atoms with van der Waals surface area (Å²) < 4.78 is 2.03.